The number of aryl methyl sites for hydroxylation is 1. The molecule has 0 spiro atoms. The zero-order chi connectivity index (χ0) is 27.4. The minimum absolute atomic E-state index is 0.00621. The van der Waals surface area contributed by atoms with Crippen LogP contribution in [0.25, 0.3) is 0 Å². The van der Waals surface area contributed by atoms with Gasteiger partial charge in [0.25, 0.3) is 10.0 Å². The van der Waals surface area contributed by atoms with E-state index in [9.17, 15) is 31.2 Å². The van der Waals surface area contributed by atoms with Gasteiger partial charge in [-0.05, 0) is 47.4 Å². The monoisotopic (exact) mass is 552 g/mol. The van der Waals surface area contributed by atoms with Gasteiger partial charge in [0.15, 0.2) is 0 Å². The van der Waals surface area contributed by atoms with Crippen molar-refractivity contribution in [3.05, 3.63) is 59.2 Å². The van der Waals surface area contributed by atoms with E-state index in [0.717, 1.165) is 5.56 Å². The highest BCUT2D eigenvalue weighted by Gasteiger charge is 2.34. The van der Waals surface area contributed by atoms with E-state index < -0.39 is 32.3 Å². The molecule has 0 aromatic heterocycles. The second kappa shape index (κ2) is 11.3. The van der Waals surface area contributed by atoms with Gasteiger partial charge in [-0.25, -0.2) is 13.1 Å². The number of benzene rings is 2. The zero-order valence-electron chi connectivity index (χ0n) is 20.2. The Morgan fingerprint density at radius 3 is 2.43 bits per heavy atom. The maximum atomic E-state index is 13.2. The highest BCUT2D eigenvalue weighted by molar-refractivity contribution is 7.90. The zero-order valence-corrected chi connectivity index (χ0v) is 21.9. The van der Waals surface area contributed by atoms with Gasteiger partial charge in [0.1, 0.15) is 6.04 Å². The number of carbonyl (C=O) groups excluding carboxylic acids is 3. The number of rotatable bonds is 9. The molecule has 37 heavy (non-hydrogen) atoms. The molecule has 1 atom stereocenters. The van der Waals surface area contributed by atoms with Gasteiger partial charge in [0.2, 0.25) is 17.7 Å². The number of nitrogens with one attached hydrogen (secondary N) is 3. The van der Waals surface area contributed by atoms with Crippen LogP contribution in [-0.4, -0.2) is 57.1 Å². The molecule has 4 N–H and O–H groups in total. The summed E-state index contributed by atoms with van der Waals surface area (Å²) in [5, 5.41) is 2.55. The number of hydrogen-bond donors (Lipinski definition) is 4. The highest BCUT2D eigenvalue weighted by atomic mass is 32.2. The van der Waals surface area contributed by atoms with Crippen LogP contribution < -0.4 is 14.8 Å². The Morgan fingerprint density at radius 2 is 1.78 bits per heavy atom. The van der Waals surface area contributed by atoms with Crippen LogP contribution in [0.4, 0.5) is 5.69 Å². The number of amides is 3. The van der Waals surface area contributed by atoms with E-state index in [1.807, 2.05) is 9.44 Å². The fourth-order valence-corrected chi connectivity index (χ4v) is 5.55. The Kier molecular flexibility index (Phi) is 8.56. The number of anilines is 1. The molecule has 2 aromatic rings. The largest absolute Gasteiger partial charge is 0.357 e. The minimum Gasteiger partial charge on any atom is -0.357 e. The van der Waals surface area contributed by atoms with Crippen molar-refractivity contribution >= 4 is 43.7 Å². The van der Waals surface area contributed by atoms with Crippen LogP contribution in [0, 0.1) is 0 Å². The molecule has 1 aliphatic heterocycles. The standard InChI is InChI=1S/C23H28N4O8S2/c1-3-21(28)26-36(31,32)19-6-4-5-15(11-19)7-10-22(29)27-14-17-12-18(25-37(33,34)35)9-8-16(17)13-20(27)23(30)24-2/h4-6,8-9,11-12,20,25H,3,7,10,13-14H2,1-2H3,(H,24,30)(H,26,28)(H,33,34,35)/t20-/m0/s1. The van der Waals surface area contributed by atoms with Gasteiger partial charge >= 0.3 is 10.3 Å². The quantitative estimate of drug-likeness (QED) is 0.329. The number of nitrogens with zero attached hydrogens (tertiary/aromatic N) is 1. The lowest BCUT2D eigenvalue weighted by Crippen LogP contribution is -2.52. The van der Waals surface area contributed by atoms with Gasteiger partial charge in [0, 0.05) is 32.9 Å². The summed E-state index contributed by atoms with van der Waals surface area (Å²) in [4.78, 5) is 38.6. The van der Waals surface area contributed by atoms with Gasteiger partial charge in [0.05, 0.1) is 10.6 Å². The third-order valence-corrected chi connectivity index (χ3v) is 7.72. The van der Waals surface area contributed by atoms with Crippen molar-refractivity contribution in [3.8, 4) is 0 Å². The molecule has 200 valence electrons. The summed E-state index contributed by atoms with van der Waals surface area (Å²) in [5.41, 5.74) is 2.03. The average Bonchev–Trinajstić information content (AvgIpc) is 2.84. The Labute approximate surface area is 215 Å². The van der Waals surface area contributed by atoms with E-state index >= 15 is 0 Å². The number of hydrogen-bond acceptors (Lipinski definition) is 7. The number of carbonyl (C=O) groups is 3. The Balaban J connectivity index is 1.79. The van der Waals surface area contributed by atoms with Crippen LogP contribution in [0.3, 0.4) is 0 Å². The lowest BCUT2D eigenvalue weighted by atomic mass is 9.92. The van der Waals surface area contributed by atoms with Crippen molar-refractivity contribution in [1.29, 1.82) is 0 Å². The van der Waals surface area contributed by atoms with Gasteiger partial charge in [-0.1, -0.05) is 25.1 Å². The van der Waals surface area contributed by atoms with Crippen LogP contribution in [0.15, 0.2) is 47.4 Å². The highest BCUT2D eigenvalue weighted by Crippen LogP contribution is 2.27. The third-order valence-electron chi connectivity index (χ3n) is 5.86. The topological polar surface area (TPSA) is 179 Å². The molecule has 12 nitrogen and oxygen atoms in total. The van der Waals surface area contributed by atoms with Crippen LogP contribution in [0.2, 0.25) is 0 Å². The third kappa shape index (κ3) is 7.27. The number of likely N-dealkylation sites (N-methyl/N-ethyl adjacent to an activating group) is 1. The van der Waals surface area contributed by atoms with Crippen molar-refractivity contribution in [2.24, 2.45) is 0 Å². The molecule has 0 saturated heterocycles. The maximum Gasteiger partial charge on any atom is 0.357 e. The van der Waals surface area contributed by atoms with Crippen molar-refractivity contribution in [2.45, 2.75) is 50.1 Å². The molecular formula is C23H28N4O8S2. The Morgan fingerprint density at radius 1 is 1.05 bits per heavy atom. The van der Waals surface area contributed by atoms with Crippen molar-refractivity contribution in [2.75, 3.05) is 11.8 Å². The predicted molar refractivity (Wildman–Crippen MR) is 134 cm³/mol. The first-order chi connectivity index (χ1) is 17.3. The van der Waals surface area contributed by atoms with Gasteiger partial charge in [-0.15, -0.1) is 0 Å². The van der Waals surface area contributed by atoms with E-state index in [2.05, 4.69) is 5.32 Å². The van der Waals surface area contributed by atoms with E-state index in [-0.39, 0.29) is 54.6 Å². The molecule has 0 aliphatic carbocycles. The smallest absolute Gasteiger partial charge is 0.357 e. The first-order valence-electron chi connectivity index (χ1n) is 11.4. The molecule has 1 heterocycles. The second-order valence-electron chi connectivity index (χ2n) is 8.45. The second-order valence-corrected chi connectivity index (χ2v) is 11.3. The molecule has 14 heteroatoms. The molecule has 1 aliphatic rings. The summed E-state index contributed by atoms with van der Waals surface area (Å²) in [6.07, 6.45) is 0.360. The lowest BCUT2D eigenvalue weighted by Gasteiger charge is -2.36. The molecule has 0 saturated carbocycles. The van der Waals surface area contributed by atoms with Crippen LogP contribution in [0.5, 0.6) is 0 Å². The van der Waals surface area contributed by atoms with Gasteiger partial charge < -0.3 is 10.2 Å². The molecule has 0 unspecified atom stereocenters. The van der Waals surface area contributed by atoms with E-state index in [4.69, 9.17) is 4.55 Å². The Hall–Kier alpha value is -3.49. The average molecular weight is 553 g/mol. The normalized spacial score (nSPS) is 15.4. The summed E-state index contributed by atoms with van der Waals surface area (Å²) in [7, 11) is -7.06. The number of fused-ring (bicyclic) bond motifs is 1. The maximum absolute atomic E-state index is 13.2. The van der Waals surface area contributed by atoms with Crippen LogP contribution in [0.1, 0.15) is 36.5 Å². The first kappa shape index (κ1) is 28.1. The lowest BCUT2D eigenvalue weighted by molar-refractivity contribution is -0.141. The number of sulfonamides is 1. The van der Waals surface area contributed by atoms with Crippen molar-refractivity contribution in [3.63, 3.8) is 0 Å². The molecule has 2 aromatic carbocycles. The SMILES string of the molecule is CCC(=O)NS(=O)(=O)c1cccc(CCC(=O)N2Cc3cc(NS(=O)(=O)O)ccc3C[C@H]2C(=O)NC)c1. The first-order valence-corrected chi connectivity index (χ1v) is 14.3. The Bertz CT molecular complexity index is 1420. The molecule has 0 radical (unpaired) electrons. The summed E-state index contributed by atoms with van der Waals surface area (Å²) in [5.74, 6) is -1.36. The summed E-state index contributed by atoms with van der Waals surface area (Å²) in [6, 6.07) is 9.68. The molecule has 3 amide bonds. The molecule has 0 bridgehead atoms. The molecular weight excluding hydrogens is 524 g/mol. The van der Waals surface area contributed by atoms with Gasteiger partial charge in [-0.3, -0.25) is 23.7 Å². The minimum atomic E-state index is -4.48. The molecule has 3 rings (SSSR count). The van der Waals surface area contributed by atoms with Crippen molar-refractivity contribution < 1.29 is 35.8 Å². The van der Waals surface area contributed by atoms with E-state index in [1.165, 1.54) is 49.2 Å². The van der Waals surface area contributed by atoms with E-state index in [1.54, 1.807) is 12.1 Å². The summed E-state index contributed by atoms with van der Waals surface area (Å²) < 4.78 is 60.1. The summed E-state index contributed by atoms with van der Waals surface area (Å²) in [6.45, 7) is 1.56. The molecule has 0 fully saturated rings. The summed E-state index contributed by atoms with van der Waals surface area (Å²) >= 11 is 0. The fraction of sp³-hybridized carbons (Fsp3) is 0.348. The van der Waals surface area contributed by atoms with Crippen molar-refractivity contribution in [1.82, 2.24) is 14.9 Å². The predicted octanol–water partition coefficient (Wildman–Crippen LogP) is 0.748. The van der Waals surface area contributed by atoms with E-state index in [0.29, 0.717) is 11.1 Å². The van der Waals surface area contributed by atoms with Crippen LogP contribution in [-0.2, 0) is 54.1 Å². The van der Waals surface area contributed by atoms with Gasteiger partial charge in [-0.2, -0.15) is 8.42 Å². The van der Waals surface area contributed by atoms with Crippen LogP contribution >= 0.6 is 0 Å². The fourth-order valence-electron chi connectivity index (χ4n) is 4.00.